The fourth-order valence-corrected chi connectivity index (χ4v) is 1.81. The van der Waals surface area contributed by atoms with Crippen LogP contribution in [-0.2, 0) is 14.3 Å². The van der Waals surface area contributed by atoms with E-state index >= 15 is 0 Å². The molecule has 82 valence electrons. The zero-order valence-electron chi connectivity index (χ0n) is 8.83. The first-order valence-corrected chi connectivity index (χ1v) is 5.54. The summed E-state index contributed by atoms with van der Waals surface area (Å²) in [6, 6.07) is 0. The number of amides is 1. The number of thioether (sulfide) groups is 1. The molecule has 0 aromatic heterocycles. The summed E-state index contributed by atoms with van der Waals surface area (Å²) in [5.74, 6) is 0.561. The maximum absolute atomic E-state index is 10.9. The van der Waals surface area contributed by atoms with E-state index in [2.05, 4.69) is 10.1 Å². The highest BCUT2D eigenvalue weighted by atomic mass is 32.2. The second-order valence-electron chi connectivity index (χ2n) is 2.88. The fourth-order valence-electron chi connectivity index (χ4n) is 0.855. The van der Waals surface area contributed by atoms with Gasteiger partial charge < -0.3 is 10.1 Å². The van der Waals surface area contributed by atoms with Crippen molar-refractivity contribution in [2.75, 3.05) is 19.9 Å². The van der Waals surface area contributed by atoms with Crippen LogP contribution in [0, 0.1) is 0 Å². The Labute approximate surface area is 88.8 Å². The molecular formula is C9H17NO3S. The minimum Gasteiger partial charge on any atom is -0.469 e. The standard InChI is InChI=1S/C9H17NO3S/c1-7(6-9(12)13-3)14-5-4-8(11)10-2/h7H,4-6H2,1-3H3,(H,10,11). The van der Waals surface area contributed by atoms with Crippen LogP contribution in [0.15, 0.2) is 0 Å². The molecule has 0 fully saturated rings. The number of ether oxygens (including phenoxy) is 1. The van der Waals surface area contributed by atoms with E-state index in [-0.39, 0.29) is 17.1 Å². The van der Waals surface area contributed by atoms with Crippen molar-refractivity contribution >= 4 is 23.6 Å². The average molecular weight is 219 g/mol. The Morgan fingerprint density at radius 2 is 2.14 bits per heavy atom. The van der Waals surface area contributed by atoms with Crippen LogP contribution in [0.25, 0.3) is 0 Å². The molecule has 1 N–H and O–H groups in total. The molecule has 0 saturated heterocycles. The van der Waals surface area contributed by atoms with Gasteiger partial charge in [-0.25, -0.2) is 0 Å². The van der Waals surface area contributed by atoms with Gasteiger partial charge >= 0.3 is 5.97 Å². The summed E-state index contributed by atoms with van der Waals surface area (Å²) in [6.07, 6.45) is 0.890. The second kappa shape index (κ2) is 7.67. The molecule has 0 aromatic carbocycles. The van der Waals surface area contributed by atoms with Crippen molar-refractivity contribution < 1.29 is 14.3 Å². The van der Waals surface area contributed by atoms with Crippen LogP contribution >= 0.6 is 11.8 Å². The largest absolute Gasteiger partial charge is 0.469 e. The highest BCUT2D eigenvalue weighted by Crippen LogP contribution is 2.15. The van der Waals surface area contributed by atoms with Gasteiger partial charge in [0, 0.05) is 24.5 Å². The predicted molar refractivity (Wildman–Crippen MR) is 57.2 cm³/mol. The van der Waals surface area contributed by atoms with E-state index in [0.717, 1.165) is 5.75 Å². The third kappa shape index (κ3) is 6.77. The first-order chi connectivity index (χ1) is 6.60. The normalized spacial score (nSPS) is 11.9. The summed E-state index contributed by atoms with van der Waals surface area (Å²) < 4.78 is 4.54. The maximum atomic E-state index is 10.9. The Hall–Kier alpha value is -0.710. The van der Waals surface area contributed by atoms with Crippen molar-refractivity contribution in [2.24, 2.45) is 0 Å². The summed E-state index contributed by atoms with van der Waals surface area (Å²) in [5.41, 5.74) is 0. The van der Waals surface area contributed by atoms with Crippen molar-refractivity contribution in [3.05, 3.63) is 0 Å². The van der Waals surface area contributed by atoms with Crippen molar-refractivity contribution in [3.8, 4) is 0 Å². The number of nitrogens with one attached hydrogen (secondary N) is 1. The summed E-state index contributed by atoms with van der Waals surface area (Å²) in [7, 11) is 3.00. The van der Waals surface area contributed by atoms with Gasteiger partial charge in [-0.1, -0.05) is 6.92 Å². The maximum Gasteiger partial charge on any atom is 0.306 e. The van der Waals surface area contributed by atoms with Gasteiger partial charge in [0.1, 0.15) is 0 Å². The van der Waals surface area contributed by atoms with Gasteiger partial charge in [-0.3, -0.25) is 9.59 Å². The number of hydrogen-bond acceptors (Lipinski definition) is 4. The van der Waals surface area contributed by atoms with Gasteiger partial charge in [-0.2, -0.15) is 11.8 Å². The number of hydrogen-bond donors (Lipinski definition) is 1. The minimum absolute atomic E-state index is 0.0303. The molecule has 0 aliphatic rings. The van der Waals surface area contributed by atoms with Crippen LogP contribution in [0.2, 0.25) is 0 Å². The Bertz CT molecular complexity index is 196. The van der Waals surface area contributed by atoms with E-state index in [4.69, 9.17) is 0 Å². The molecule has 1 atom stereocenters. The molecule has 1 amide bonds. The number of carbonyl (C=O) groups is 2. The van der Waals surface area contributed by atoms with E-state index in [1.54, 1.807) is 18.8 Å². The van der Waals surface area contributed by atoms with Gasteiger partial charge in [-0.15, -0.1) is 0 Å². The lowest BCUT2D eigenvalue weighted by Gasteiger charge is -2.08. The predicted octanol–water partition coefficient (Wildman–Crippen LogP) is 0.807. The van der Waals surface area contributed by atoms with Crippen LogP contribution in [0.3, 0.4) is 0 Å². The Balaban J connectivity index is 3.49. The molecule has 1 unspecified atom stereocenters. The van der Waals surface area contributed by atoms with Gasteiger partial charge in [0.15, 0.2) is 0 Å². The van der Waals surface area contributed by atoms with E-state index < -0.39 is 0 Å². The van der Waals surface area contributed by atoms with Gasteiger partial charge in [-0.05, 0) is 0 Å². The molecule has 0 radical (unpaired) electrons. The number of rotatable bonds is 6. The zero-order valence-corrected chi connectivity index (χ0v) is 9.65. The summed E-state index contributed by atoms with van der Waals surface area (Å²) >= 11 is 1.60. The molecule has 4 nitrogen and oxygen atoms in total. The van der Waals surface area contributed by atoms with Crippen LogP contribution in [0.1, 0.15) is 19.8 Å². The second-order valence-corrected chi connectivity index (χ2v) is 4.43. The zero-order chi connectivity index (χ0) is 11.0. The van der Waals surface area contributed by atoms with Gasteiger partial charge in [0.2, 0.25) is 5.91 Å². The Morgan fingerprint density at radius 3 is 2.64 bits per heavy atom. The minimum atomic E-state index is -0.204. The quantitative estimate of drug-likeness (QED) is 0.672. The fraction of sp³-hybridized carbons (Fsp3) is 0.778. The van der Waals surface area contributed by atoms with Crippen molar-refractivity contribution in [1.29, 1.82) is 0 Å². The van der Waals surface area contributed by atoms with E-state index in [0.29, 0.717) is 12.8 Å². The Kier molecular flexibility index (Phi) is 7.28. The summed E-state index contributed by atoms with van der Waals surface area (Å²) in [6.45, 7) is 1.95. The molecule has 0 saturated carbocycles. The van der Waals surface area contributed by atoms with E-state index in [9.17, 15) is 9.59 Å². The lowest BCUT2D eigenvalue weighted by Crippen LogP contribution is -2.18. The molecule has 0 aromatic rings. The lowest BCUT2D eigenvalue weighted by atomic mass is 10.3. The first-order valence-electron chi connectivity index (χ1n) is 4.49. The van der Waals surface area contributed by atoms with Crippen LogP contribution < -0.4 is 5.32 Å². The molecule has 14 heavy (non-hydrogen) atoms. The van der Waals surface area contributed by atoms with Gasteiger partial charge in [0.25, 0.3) is 0 Å². The van der Waals surface area contributed by atoms with Crippen LogP contribution in [0.5, 0.6) is 0 Å². The lowest BCUT2D eigenvalue weighted by molar-refractivity contribution is -0.140. The number of carbonyl (C=O) groups excluding carboxylic acids is 2. The van der Waals surface area contributed by atoms with Crippen LogP contribution in [0.4, 0.5) is 0 Å². The average Bonchev–Trinajstić information content (AvgIpc) is 2.17. The third-order valence-corrected chi connectivity index (χ3v) is 2.87. The van der Waals surface area contributed by atoms with Crippen LogP contribution in [-0.4, -0.2) is 37.0 Å². The molecule has 0 bridgehead atoms. The summed E-state index contributed by atoms with van der Waals surface area (Å²) in [5, 5.41) is 2.75. The third-order valence-electron chi connectivity index (χ3n) is 1.69. The van der Waals surface area contributed by atoms with Crippen molar-refractivity contribution in [1.82, 2.24) is 5.32 Å². The smallest absolute Gasteiger partial charge is 0.306 e. The Morgan fingerprint density at radius 1 is 1.50 bits per heavy atom. The molecule has 0 aliphatic heterocycles. The SMILES string of the molecule is CNC(=O)CCSC(C)CC(=O)OC. The molecular weight excluding hydrogens is 202 g/mol. The number of esters is 1. The molecule has 0 rings (SSSR count). The summed E-state index contributed by atoms with van der Waals surface area (Å²) in [4.78, 5) is 21.7. The van der Waals surface area contributed by atoms with E-state index in [1.165, 1.54) is 7.11 Å². The van der Waals surface area contributed by atoms with Gasteiger partial charge in [0.05, 0.1) is 13.5 Å². The highest BCUT2D eigenvalue weighted by molar-refractivity contribution is 7.99. The van der Waals surface area contributed by atoms with Crippen molar-refractivity contribution in [3.63, 3.8) is 0 Å². The van der Waals surface area contributed by atoms with Crippen molar-refractivity contribution in [2.45, 2.75) is 25.0 Å². The number of methoxy groups -OCH3 is 1. The topological polar surface area (TPSA) is 55.4 Å². The molecule has 0 spiro atoms. The van der Waals surface area contributed by atoms with E-state index in [1.807, 2.05) is 6.92 Å². The molecule has 5 heteroatoms. The monoisotopic (exact) mass is 219 g/mol. The molecule has 0 aliphatic carbocycles. The highest BCUT2D eigenvalue weighted by Gasteiger charge is 2.09. The molecule has 0 heterocycles. The first kappa shape index (κ1) is 13.3.